The van der Waals surface area contributed by atoms with Gasteiger partial charge >= 0.3 is 0 Å². The molecule has 2 aliphatic rings. The van der Waals surface area contributed by atoms with Gasteiger partial charge in [-0.15, -0.1) is 0 Å². The van der Waals surface area contributed by atoms with Gasteiger partial charge in [0.1, 0.15) is 5.69 Å². The van der Waals surface area contributed by atoms with E-state index in [1.54, 1.807) is 12.4 Å². The van der Waals surface area contributed by atoms with Crippen molar-refractivity contribution < 1.29 is 5.11 Å². The predicted octanol–water partition coefficient (Wildman–Crippen LogP) is 2.37. The molecule has 1 fully saturated rings. The van der Waals surface area contributed by atoms with E-state index in [1.165, 1.54) is 12.8 Å². The summed E-state index contributed by atoms with van der Waals surface area (Å²) in [5.41, 5.74) is 2.49. The third-order valence-corrected chi connectivity index (χ3v) is 3.83. The van der Waals surface area contributed by atoms with E-state index in [1.807, 2.05) is 18.2 Å². The summed E-state index contributed by atoms with van der Waals surface area (Å²) in [5, 5.41) is 10.0. The van der Waals surface area contributed by atoms with Gasteiger partial charge in [0.05, 0.1) is 0 Å². The molecule has 0 radical (unpaired) electrons. The van der Waals surface area contributed by atoms with Crippen LogP contribution < -0.4 is 4.90 Å². The predicted molar refractivity (Wildman–Crippen MR) is 82.0 cm³/mol. The summed E-state index contributed by atoms with van der Waals surface area (Å²) in [6.45, 7) is 1.97. The standard InChI is InChI=1S/C15H15N5O/c21-14-12(18-15(19-14)20-6-1-2-7-20)8-10-9-17-13-11(10)4-3-5-16-13/h3-5,8-9,21H,1-2,6-7H2,(H,18,19). The Morgan fingerprint density at radius 2 is 2.14 bits per heavy atom. The number of rotatable bonds is 2. The number of aromatic hydroxyl groups is 1. The lowest BCUT2D eigenvalue weighted by atomic mass is 10.1. The monoisotopic (exact) mass is 281 g/mol. The van der Waals surface area contributed by atoms with Gasteiger partial charge in [0, 0.05) is 36.6 Å². The Morgan fingerprint density at radius 1 is 1.29 bits per heavy atom. The average Bonchev–Trinajstić information content (AvgIpc) is 3.21. The van der Waals surface area contributed by atoms with Crippen molar-refractivity contribution in [1.82, 2.24) is 15.0 Å². The van der Waals surface area contributed by atoms with Crippen molar-refractivity contribution in [2.45, 2.75) is 12.8 Å². The van der Waals surface area contributed by atoms with E-state index in [2.05, 4.69) is 24.8 Å². The number of fused-ring (bicyclic) bond motifs is 1. The van der Waals surface area contributed by atoms with Gasteiger partial charge in [-0.05, 0) is 31.1 Å². The fourth-order valence-electron chi connectivity index (χ4n) is 2.74. The number of hydrogen-bond acceptors (Lipinski definition) is 5. The number of aromatic amines is 1. The van der Waals surface area contributed by atoms with Crippen molar-refractivity contribution in [2.24, 2.45) is 4.99 Å². The van der Waals surface area contributed by atoms with Crippen LogP contribution in [0.3, 0.4) is 0 Å². The molecular weight excluding hydrogens is 266 g/mol. The van der Waals surface area contributed by atoms with Crippen molar-refractivity contribution in [3.8, 4) is 5.88 Å². The lowest BCUT2D eigenvalue weighted by Crippen LogP contribution is -2.18. The number of pyridine rings is 1. The number of nitrogens with one attached hydrogen (secondary N) is 1. The first kappa shape index (κ1) is 12.1. The molecule has 6 heteroatoms. The first-order chi connectivity index (χ1) is 10.3. The normalized spacial score (nSPS) is 18.7. The van der Waals surface area contributed by atoms with E-state index >= 15 is 0 Å². The van der Waals surface area contributed by atoms with Crippen LogP contribution in [0.5, 0.6) is 5.88 Å². The van der Waals surface area contributed by atoms with Gasteiger partial charge < -0.3 is 15.0 Å². The summed E-state index contributed by atoms with van der Waals surface area (Å²) in [7, 11) is 0. The molecule has 0 saturated carbocycles. The number of aromatic nitrogens is 3. The molecule has 0 bridgehead atoms. The molecule has 2 aromatic heterocycles. The van der Waals surface area contributed by atoms with Gasteiger partial charge in [-0.1, -0.05) is 0 Å². The Kier molecular flexibility index (Phi) is 2.73. The molecule has 106 valence electrons. The van der Waals surface area contributed by atoms with Crippen molar-refractivity contribution in [3.63, 3.8) is 0 Å². The fourth-order valence-corrected chi connectivity index (χ4v) is 2.74. The molecule has 0 amide bonds. The molecule has 4 heterocycles. The lowest BCUT2D eigenvalue weighted by molar-refractivity contribution is 0.455. The zero-order valence-electron chi connectivity index (χ0n) is 11.5. The second kappa shape index (κ2) is 4.73. The van der Waals surface area contributed by atoms with Crippen LogP contribution in [0.1, 0.15) is 24.1 Å². The molecular formula is C15H15N5O. The minimum atomic E-state index is 0.0233. The average molecular weight is 281 g/mol. The second-order valence-corrected chi connectivity index (χ2v) is 5.22. The number of imidazole rings is 1. The molecule has 21 heavy (non-hydrogen) atoms. The number of nitrogens with zero attached hydrogens (tertiary/aromatic N) is 4. The summed E-state index contributed by atoms with van der Waals surface area (Å²) in [4.78, 5) is 18.0. The Bertz CT molecular complexity index is 740. The van der Waals surface area contributed by atoms with Crippen molar-refractivity contribution in [3.05, 3.63) is 29.6 Å². The topological polar surface area (TPSA) is 77.4 Å². The molecule has 0 aromatic carbocycles. The Hall–Kier alpha value is -2.63. The quantitative estimate of drug-likeness (QED) is 0.886. The van der Waals surface area contributed by atoms with E-state index in [-0.39, 0.29) is 5.88 Å². The summed E-state index contributed by atoms with van der Waals surface area (Å²) >= 11 is 0. The first-order valence-electron chi connectivity index (χ1n) is 7.06. The summed E-state index contributed by atoms with van der Waals surface area (Å²) in [5.74, 6) is 1.47. The Labute approximate surface area is 121 Å². The Balaban J connectivity index is 1.69. The molecule has 0 spiro atoms. The molecule has 1 saturated heterocycles. The van der Waals surface area contributed by atoms with E-state index in [9.17, 15) is 5.11 Å². The largest absolute Gasteiger partial charge is 0.492 e. The van der Waals surface area contributed by atoms with Crippen LogP contribution in [0, 0.1) is 0 Å². The maximum atomic E-state index is 10.0. The van der Waals surface area contributed by atoms with E-state index in [4.69, 9.17) is 0 Å². The molecule has 0 atom stereocenters. The van der Waals surface area contributed by atoms with Crippen LogP contribution in [0.25, 0.3) is 11.6 Å². The van der Waals surface area contributed by atoms with Gasteiger partial charge in [0.15, 0.2) is 5.82 Å². The summed E-state index contributed by atoms with van der Waals surface area (Å²) < 4.78 is 0. The van der Waals surface area contributed by atoms with Crippen molar-refractivity contribution in [1.29, 1.82) is 0 Å². The highest BCUT2D eigenvalue weighted by Gasteiger charge is 2.19. The van der Waals surface area contributed by atoms with Crippen LogP contribution in [-0.4, -0.2) is 39.4 Å². The number of hydrogen-bond donors (Lipinski definition) is 2. The smallest absolute Gasteiger partial charge is 0.238 e. The van der Waals surface area contributed by atoms with Gasteiger partial charge in [0.2, 0.25) is 11.8 Å². The molecule has 2 aromatic rings. The second-order valence-electron chi connectivity index (χ2n) is 5.22. The molecule has 2 aliphatic heterocycles. The van der Waals surface area contributed by atoms with Crippen molar-refractivity contribution >= 4 is 29.6 Å². The lowest BCUT2D eigenvalue weighted by Gasteiger charge is -2.12. The third-order valence-electron chi connectivity index (χ3n) is 3.83. The molecule has 2 N–H and O–H groups in total. The highest BCUT2D eigenvalue weighted by Crippen LogP contribution is 2.32. The van der Waals surface area contributed by atoms with Gasteiger partial charge in [0.25, 0.3) is 0 Å². The zero-order chi connectivity index (χ0) is 14.2. The minimum Gasteiger partial charge on any atom is -0.492 e. The van der Waals surface area contributed by atoms with Crippen LogP contribution in [0.4, 0.5) is 11.8 Å². The molecule has 6 nitrogen and oxygen atoms in total. The van der Waals surface area contributed by atoms with E-state index < -0.39 is 0 Å². The number of allylic oxidation sites excluding steroid dienone is 1. The highest BCUT2D eigenvalue weighted by molar-refractivity contribution is 6.20. The van der Waals surface area contributed by atoms with Crippen LogP contribution in [0.15, 0.2) is 23.3 Å². The highest BCUT2D eigenvalue weighted by atomic mass is 16.3. The van der Waals surface area contributed by atoms with E-state index in [0.29, 0.717) is 11.5 Å². The summed E-state index contributed by atoms with van der Waals surface area (Å²) in [6, 6.07) is 3.85. The van der Waals surface area contributed by atoms with Gasteiger partial charge in [-0.25, -0.2) is 9.98 Å². The van der Waals surface area contributed by atoms with Crippen LogP contribution >= 0.6 is 0 Å². The number of aliphatic imine (C=N–C) groups is 1. The van der Waals surface area contributed by atoms with Gasteiger partial charge in [-0.3, -0.25) is 0 Å². The van der Waals surface area contributed by atoms with Crippen LogP contribution in [0.2, 0.25) is 0 Å². The molecule has 4 rings (SSSR count). The number of H-pyrrole nitrogens is 1. The maximum Gasteiger partial charge on any atom is 0.238 e. The minimum absolute atomic E-state index is 0.0233. The maximum absolute atomic E-state index is 10.0. The number of anilines is 1. The summed E-state index contributed by atoms with van der Waals surface area (Å²) in [6.07, 6.45) is 7.68. The van der Waals surface area contributed by atoms with Gasteiger partial charge in [-0.2, -0.15) is 4.98 Å². The fraction of sp³-hybridized carbons (Fsp3) is 0.267. The van der Waals surface area contributed by atoms with Crippen molar-refractivity contribution in [2.75, 3.05) is 18.0 Å². The van der Waals surface area contributed by atoms with Crippen LogP contribution in [-0.2, 0) is 0 Å². The van der Waals surface area contributed by atoms with E-state index in [0.717, 1.165) is 30.2 Å². The molecule has 0 aliphatic carbocycles. The SMILES string of the molecule is Oc1nc(N2CCCC2)[nH]c1C=C1C=Nc2ncccc21. The third kappa shape index (κ3) is 2.08. The molecule has 0 unspecified atom stereocenters. The zero-order valence-corrected chi connectivity index (χ0v) is 11.5. The first-order valence-corrected chi connectivity index (χ1v) is 7.06. The Morgan fingerprint density at radius 3 is 3.00 bits per heavy atom.